The molecule has 0 radical (unpaired) electrons. The van der Waals surface area contributed by atoms with Gasteiger partial charge in [-0.2, -0.15) is 0 Å². The summed E-state index contributed by atoms with van der Waals surface area (Å²) in [5, 5.41) is 9.68. The van der Waals surface area contributed by atoms with Crippen molar-refractivity contribution in [3.8, 4) is 5.75 Å². The first-order valence-electron chi connectivity index (χ1n) is 6.03. The van der Waals surface area contributed by atoms with Crippen LogP contribution in [0.5, 0.6) is 5.75 Å². The van der Waals surface area contributed by atoms with E-state index in [0.717, 1.165) is 5.56 Å². The first-order valence-corrected chi connectivity index (χ1v) is 6.03. The van der Waals surface area contributed by atoms with Crippen LogP contribution in [-0.4, -0.2) is 5.11 Å². The van der Waals surface area contributed by atoms with Crippen LogP contribution in [-0.2, 0) is 0 Å². The van der Waals surface area contributed by atoms with Gasteiger partial charge in [0.2, 0.25) is 0 Å². The molecule has 0 unspecified atom stereocenters. The Bertz CT molecular complexity index is 280. The van der Waals surface area contributed by atoms with Gasteiger partial charge in [-0.05, 0) is 24.0 Å². The zero-order chi connectivity index (χ0) is 11.1. The molecule has 1 N–H and O–H groups in total. The minimum atomic E-state index is 0.445. The number of benzene rings is 1. The van der Waals surface area contributed by atoms with E-state index < -0.39 is 0 Å². The third kappa shape index (κ3) is 3.94. The predicted molar refractivity (Wildman–Crippen MR) is 65.3 cm³/mol. The van der Waals surface area contributed by atoms with E-state index >= 15 is 0 Å². The summed E-state index contributed by atoms with van der Waals surface area (Å²) in [6.07, 6.45) is 6.37. The van der Waals surface area contributed by atoms with Gasteiger partial charge in [0.15, 0.2) is 0 Å². The smallest absolute Gasteiger partial charge is 0.119 e. The lowest BCUT2D eigenvalue weighted by Crippen LogP contribution is -1.94. The van der Waals surface area contributed by atoms with Gasteiger partial charge in [0, 0.05) is 0 Å². The Labute approximate surface area is 93.1 Å². The molecule has 0 spiro atoms. The van der Waals surface area contributed by atoms with Gasteiger partial charge in [-0.15, -0.1) is 0 Å². The molecule has 1 nitrogen and oxygen atoms in total. The van der Waals surface area contributed by atoms with Crippen molar-refractivity contribution in [2.75, 3.05) is 0 Å². The van der Waals surface area contributed by atoms with Crippen molar-refractivity contribution in [3.05, 3.63) is 29.8 Å². The molecule has 0 aromatic heterocycles. The fraction of sp³-hybridized carbons (Fsp3) is 0.571. The molecule has 15 heavy (non-hydrogen) atoms. The van der Waals surface area contributed by atoms with E-state index in [1.54, 1.807) is 6.07 Å². The Morgan fingerprint density at radius 1 is 1.13 bits per heavy atom. The average molecular weight is 206 g/mol. The first kappa shape index (κ1) is 12.1. The molecular formula is C14H22O. The highest BCUT2D eigenvalue weighted by Gasteiger charge is 2.08. The van der Waals surface area contributed by atoms with Crippen molar-refractivity contribution in [2.24, 2.45) is 0 Å². The fourth-order valence-electron chi connectivity index (χ4n) is 1.94. The SMILES string of the molecule is CCCCCC[C@H](C)c1ccccc1O. The maximum absolute atomic E-state index is 9.68. The van der Waals surface area contributed by atoms with E-state index in [1.807, 2.05) is 18.2 Å². The van der Waals surface area contributed by atoms with Crippen LogP contribution in [0.3, 0.4) is 0 Å². The number of hydrogen-bond donors (Lipinski definition) is 1. The normalized spacial score (nSPS) is 12.7. The van der Waals surface area contributed by atoms with Gasteiger partial charge in [-0.1, -0.05) is 57.7 Å². The van der Waals surface area contributed by atoms with Crippen LogP contribution >= 0.6 is 0 Å². The van der Waals surface area contributed by atoms with Crippen LogP contribution in [0.2, 0.25) is 0 Å². The molecule has 1 heteroatoms. The van der Waals surface area contributed by atoms with Crippen molar-refractivity contribution < 1.29 is 5.11 Å². The van der Waals surface area contributed by atoms with Gasteiger partial charge >= 0.3 is 0 Å². The molecule has 1 aromatic carbocycles. The third-order valence-corrected chi connectivity index (χ3v) is 2.96. The number of para-hydroxylation sites is 1. The molecular weight excluding hydrogens is 184 g/mol. The van der Waals surface area contributed by atoms with Crippen LogP contribution in [0, 0.1) is 0 Å². The number of unbranched alkanes of at least 4 members (excludes halogenated alkanes) is 3. The van der Waals surface area contributed by atoms with Gasteiger partial charge < -0.3 is 5.11 Å². The Balaban J connectivity index is 2.40. The van der Waals surface area contributed by atoms with Crippen LogP contribution < -0.4 is 0 Å². The van der Waals surface area contributed by atoms with Crippen molar-refractivity contribution in [1.82, 2.24) is 0 Å². The minimum Gasteiger partial charge on any atom is -0.508 e. The second kappa shape index (κ2) is 6.49. The lowest BCUT2D eigenvalue weighted by Gasteiger charge is -2.12. The Morgan fingerprint density at radius 2 is 1.87 bits per heavy atom. The Morgan fingerprint density at radius 3 is 2.53 bits per heavy atom. The fourth-order valence-corrected chi connectivity index (χ4v) is 1.94. The molecule has 84 valence electrons. The first-order chi connectivity index (χ1) is 7.25. The Kier molecular flexibility index (Phi) is 5.23. The Hall–Kier alpha value is -0.980. The van der Waals surface area contributed by atoms with Crippen LogP contribution in [0.25, 0.3) is 0 Å². The molecule has 0 fully saturated rings. The lowest BCUT2D eigenvalue weighted by atomic mass is 9.94. The number of phenolic OH excluding ortho intramolecular Hbond substituents is 1. The minimum absolute atomic E-state index is 0.445. The molecule has 1 rings (SSSR count). The number of hydrogen-bond acceptors (Lipinski definition) is 1. The van der Waals surface area contributed by atoms with E-state index in [0.29, 0.717) is 11.7 Å². The van der Waals surface area contributed by atoms with Crippen molar-refractivity contribution in [2.45, 2.75) is 51.9 Å². The molecule has 0 heterocycles. The monoisotopic (exact) mass is 206 g/mol. The summed E-state index contributed by atoms with van der Waals surface area (Å²) in [7, 11) is 0. The van der Waals surface area contributed by atoms with Crippen LogP contribution in [0.15, 0.2) is 24.3 Å². The van der Waals surface area contributed by atoms with Crippen molar-refractivity contribution >= 4 is 0 Å². The number of rotatable bonds is 6. The second-order valence-corrected chi connectivity index (χ2v) is 4.31. The maximum atomic E-state index is 9.68. The zero-order valence-electron chi connectivity index (χ0n) is 9.87. The summed E-state index contributed by atoms with van der Waals surface area (Å²) >= 11 is 0. The average Bonchev–Trinajstić information content (AvgIpc) is 2.25. The highest BCUT2D eigenvalue weighted by Crippen LogP contribution is 2.28. The van der Waals surface area contributed by atoms with Crippen molar-refractivity contribution in [1.29, 1.82) is 0 Å². The van der Waals surface area contributed by atoms with E-state index in [9.17, 15) is 5.11 Å². The standard InChI is InChI=1S/C14H22O/c1-3-4-5-6-9-12(2)13-10-7-8-11-14(13)15/h7-8,10-12,15H,3-6,9H2,1-2H3/t12-/m0/s1. The summed E-state index contributed by atoms with van der Waals surface area (Å²) in [5.41, 5.74) is 1.09. The van der Waals surface area contributed by atoms with Gasteiger partial charge in [0.25, 0.3) is 0 Å². The van der Waals surface area contributed by atoms with Crippen LogP contribution in [0.1, 0.15) is 57.4 Å². The topological polar surface area (TPSA) is 20.2 Å². The molecule has 0 aliphatic rings. The van der Waals surface area contributed by atoms with E-state index in [1.165, 1.54) is 32.1 Å². The van der Waals surface area contributed by atoms with Crippen LogP contribution in [0.4, 0.5) is 0 Å². The predicted octanol–water partition coefficient (Wildman–Crippen LogP) is 4.47. The van der Waals surface area contributed by atoms with Gasteiger partial charge in [-0.25, -0.2) is 0 Å². The molecule has 0 saturated heterocycles. The molecule has 1 aromatic rings. The second-order valence-electron chi connectivity index (χ2n) is 4.31. The maximum Gasteiger partial charge on any atom is 0.119 e. The molecule has 0 bridgehead atoms. The largest absolute Gasteiger partial charge is 0.508 e. The number of aromatic hydroxyl groups is 1. The summed E-state index contributed by atoms with van der Waals surface area (Å²) < 4.78 is 0. The summed E-state index contributed by atoms with van der Waals surface area (Å²) in [6.45, 7) is 4.42. The molecule has 0 aliphatic heterocycles. The van der Waals surface area contributed by atoms with Gasteiger partial charge in [0.1, 0.15) is 5.75 Å². The third-order valence-electron chi connectivity index (χ3n) is 2.96. The van der Waals surface area contributed by atoms with E-state index in [4.69, 9.17) is 0 Å². The van der Waals surface area contributed by atoms with Gasteiger partial charge in [-0.3, -0.25) is 0 Å². The lowest BCUT2D eigenvalue weighted by molar-refractivity contribution is 0.458. The summed E-state index contributed by atoms with van der Waals surface area (Å²) in [4.78, 5) is 0. The zero-order valence-corrected chi connectivity index (χ0v) is 9.87. The summed E-state index contributed by atoms with van der Waals surface area (Å²) in [5.74, 6) is 0.920. The quantitative estimate of drug-likeness (QED) is 0.681. The van der Waals surface area contributed by atoms with E-state index in [2.05, 4.69) is 13.8 Å². The molecule has 0 aliphatic carbocycles. The van der Waals surface area contributed by atoms with Crippen molar-refractivity contribution in [3.63, 3.8) is 0 Å². The highest BCUT2D eigenvalue weighted by molar-refractivity contribution is 5.34. The highest BCUT2D eigenvalue weighted by atomic mass is 16.3. The molecule has 0 amide bonds. The van der Waals surface area contributed by atoms with Gasteiger partial charge in [0.05, 0.1) is 0 Å². The molecule has 0 saturated carbocycles. The summed E-state index contributed by atoms with van der Waals surface area (Å²) in [6, 6.07) is 7.68. The molecule has 1 atom stereocenters. The van der Waals surface area contributed by atoms with E-state index in [-0.39, 0.29) is 0 Å². The number of phenols is 1.